The molecule has 0 radical (unpaired) electrons. The second-order valence-electron chi connectivity index (χ2n) is 4.65. The van der Waals surface area contributed by atoms with Crippen molar-refractivity contribution in [2.75, 3.05) is 6.54 Å². The number of thioether (sulfide) groups is 1. The van der Waals surface area contributed by atoms with E-state index in [4.69, 9.17) is 0 Å². The van der Waals surface area contributed by atoms with E-state index in [2.05, 4.69) is 24.3 Å². The Morgan fingerprint density at radius 1 is 1.10 bits per heavy atom. The minimum absolute atomic E-state index is 0.0575. The van der Waals surface area contributed by atoms with E-state index in [-0.39, 0.29) is 16.7 Å². The van der Waals surface area contributed by atoms with Gasteiger partial charge in [0, 0.05) is 14.7 Å². The van der Waals surface area contributed by atoms with Gasteiger partial charge in [0.05, 0.1) is 0 Å². The Morgan fingerprint density at radius 3 is 2.62 bits per heavy atom. The molecule has 1 aromatic heterocycles. The van der Waals surface area contributed by atoms with Crippen molar-refractivity contribution < 1.29 is 4.92 Å². The fraction of sp³-hybridized carbons (Fsp3) is 0.125. The van der Waals surface area contributed by atoms with Crippen molar-refractivity contribution in [1.29, 1.82) is 0 Å². The van der Waals surface area contributed by atoms with Crippen LogP contribution in [0.5, 0.6) is 0 Å². The second kappa shape index (κ2) is 6.28. The molecule has 1 heterocycles. The molecule has 0 bridgehead atoms. The molecule has 0 aliphatic carbocycles. The standard InChI is InChI=1S/C16H13NO2S2/c18-17(19)11-16(15-6-3-9-20-15)21-14-8-7-12-4-1-2-5-13(12)10-14/h1-10,16H,11H2. The van der Waals surface area contributed by atoms with Crippen LogP contribution in [0.1, 0.15) is 10.1 Å². The monoisotopic (exact) mass is 315 g/mol. The van der Waals surface area contributed by atoms with Crippen LogP contribution in [0.4, 0.5) is 0 Å². The van der Waals surface area contributed by atoms with Crippen molar-refractivity contribution >= 4 is 33.9 Å². The molecule has 3 nitrogen and oxygen atoms in total. The van der Waals surface area contributed by atoms with Crippen LogP contribution in [0.3, 0.4) is 0 Å². The Hall–Kier alpha value is -1.85. The van der Waals surface area contributed by atoms with Crippen LogP contribution in [0.15, 0.2) is 64.9 Å². The molecule has 0 saturated heterocycles. The molecule has 0 aliphatic heterocycles. The summed E-state index contributed by atoms with van der Waals surface area (Å²) >= 11 is 3.13. The molecule has 3 aromatic rings. The summed E-state index contributed by atoms with van der Waals surface area (Å²) in [5.41, 5.74) is 0. The van der Waals surface area contributed by atoms with E-state index in [0.29, 0.717) is 0 Å². The highest BCUT2D eigenvalue weighted by molar-refractivity contribution is 7.99. The molecule has 5 heteroatoms. The van der Waals surface area contributed by atoms with Gasteiger partial charge in [0.25, 0.3) is 0 Å². The van der Waals surface area contributed by atoms with E-state index in [1.807, 2.05) is 35.7 Å². The van der Waals surface area contributed by atoms with Gasteiger partial charge in [-0.05, 0) is 34.4 Å². The summed E-state index contributed by atoms with van der Waals surface area (Å²) in [6.45, 7) is -0.0575. The van der Waals surface area contributed by atoms with E-state index in [9.17, 15) is 10.1 Å². The number of thiophene rings is 1. The number of hydrogen-bond acceptors (Lipinski definition) is 4. The first kappa shape index (κ1) is 14.1. The zero-order valence-corrected chi connectivity index (χ0v) is 12.8. The molecular weight excluding hydrogens is 302 g/mol. The van der Waals surface area contributed by atoms with Crippen molar-refractivity contribution in [3.05, 3.63) is 75.0 Å². The van der Waals surface area contributed by atoms with Crippen molar-refractivity contribution in [1.82, 2.24) is 0 Å². The maximum Gasteiger partial charge on any atom is 0.220 e. The third kappa shape index (κ3) is 3.43. The highest BCUT2D eigenvalue weighted by Crippen LogP contribution is 2.38. The number of hydrogen-bond donors (Lipinski definition) is 0. The van der Waals surface area contributed by atoms with E-state index >= 15 is 0 Å². The fourth-order valence-electron chi connectivity index (χ4n) is 2.20. The molecule has 1 unspecified atom stereocenters. The van der Waals surface area contributed by atoms with Gasteiger partial charge in [0.15, 0.2) is 0 Å². The zero-order chi connectivity index (χ0) is 14.7. The predicted molar refractivity (Wildman–Crippen MR) is 88.7 cm³/mol. The predicted octanol–water partition coefficient (Wildman–Crippen LogP) is 5.01. The van der Waals surface area contributed by atoms with E-state index in [1.54, 1.807) is 23.1 Å². The Kier molecular flexibility index (Phi) is 4.22. The fourth-order valence-corrected chi connectivity index (χ4v) is 4.27. The lowest BCUT2D eigenvalue weighted by Gasteiger charge is -2.11. The molecular formula is C16H13NO2S2. The summed E-state index contributed by atoms with van der Waals surface area (Å²) in [6, 6.07) is 18.2. The van der Waals surface area contributed by atoms with E-state index in [0.717, 1.165) is 15.2 Å². The van der Waals surface area contributed by atoms with Gasteiger partial charge in [-0.3, -0.25) is 10.1 Å². The van der Waals surface area contributed by atoms with Crippen molar-refractivity contribution in [2.45, 2.75) is 10.1 Å². The van der Waals surface area contributed by atoms with Gasteiger partial charge in [-0.25, -0.2) is 0 Å². The summed E-state index contributed by atoms with van der Waals surface area (Å²) in [4.78, 5) is 12.8. The van der Waals surface area contributed by atoms with Gasteiger partial charge in [-0.1, -0.05) is 36.4 Å². The van der Waals surface area contributed by atoms with Gasteiger partial charge in [0.2, 0.25) is 6.54 Å². The number of nitro groups is 1. The minimum atomic E-state index is -0.238. The van der Waals surface area contributed by atoms with Gasteiger partial charge in [-0.15, -0.1) is 23.1 Å². The van der Waals surface area contributed by atoms with Crippen LogP contribution in [0.2, 0.25) is 0 Å². The topological polar surface area (TPSA) is 43.1 Å². The molecule has 0 spiro atoms. The van der Waals surface area contributed by atoms with E-state index in [1.165, 1.54) is 5.39 Å². The molecule has 3 rings (SSSR count). The lowest BCUT2D eigenvalue weighted by molar-refractivity contribution is -0.479. The summed E-state index contributed by atoms with van der Waals surface area (Å²) in [6.07, 6.45) is 0. The molecule has 0 N–H and O–H groups in total. The third-order valence-corrected chi connectivity index (χ3v) is 5.52. The van der Waals surface area contributed by atoms with Crippen LogP contribution < -0.4 is 0 Å². The third-order valence-electron chi connectivity index (χ3n) is 3.17. The first-order valence-electron chi connectivity index (χ1n) is 6.53. The van der Waals surface area contributed by atoms with Gasteiger partial charge in [-0.2, -0.15) is 0 Å². The average Bonchev–Trinajstić information content (AvgIpc) is 3.00. The Labute approximate surface area is 130 Å². The van der Waals surface area contributed by atoms with Crippen molar-refractivity contribution in [3.8, 4) is 0 Å². The quantitative estimate of drug-likeness (QED) is 0.377. The van der Waals surface area contributed by atoms with Gasteiger partial charge in [0.1, 0.15) is 5.25 Å². The largest absolute Gasteiger partial charge is 0.264 e. The summed E-state index contributed by atoms with van der Waals surface area (Å²) < 4.78 is 0. The normalized spacial score (nSPS) is 12.4. The molecule has 106 valence electrons. The molecule has 1 atom stereocenters. The average molecular weight is 315 g/mol. The Morgan fingerprint density at radius 2 is 1.90 bits per heavy atom. The molecule has 0 aliphatic rings. The van der Waals surface area contributed by atoms with Crippen LogP contribution in [-0.4, -0.2) is 11.5 Å². The highest BCUT2D eigenvalue weighted by atomic mass is 32.2. The van der Waals surface area contributed by atoms with Crippen LogP contribution in [0.25, 0.3) is 10.8 Å². The maximum atomic E-state index is 10.9. The smallest absolute Gasteiger partial charge is 0.220 e. The first-order chi connectivity index (χ1) is 10.2. The van der Waals surface area contributed by atoms with Gasteiger partial charge >= 0.3 is 0 Å². The molecule has 0 amide bonds. The number of nitrogens with zero attached hydrogens (tertiary/aromatic N) is 1. The zero-order valence-electron chi connectivity index (χ0n) is 11.1. The number of benzene rings is 2. The van der Waals surface area contributed by atoms with E-state index < -0.39 is 0 Å². The second-order valence-corrected chi connectivity index (χ2v) is 6.90. The molecule has 0 saturated carbocycles. The molecule has 21 heavy (non-hydrogen) atoms. The summed E-state index contributed by atoms with van der Waals surface area (Å²) in [5.74, 6) is 0. The van der Waals surface area contributed by atoms with Crippen LogP contribution in [0, 0.1) is 10.1 Å². The van der Waals surface area contributed by atoms with Crippen LogP contribution in [-0.2, 0) is 0 Å². The van der Waals surface area contributed by atoms with Gasteiger partial charge < -0.3 is 0 Å². The molecule has 0 fully saturated rings. The van der Waals surface area contributed by atoms with Crippen molar-refractivity contribution in [3.63, 3.8) is 0 Å². The maximum absolute atomic E-state index is 10.9. The Balaban J connectivity index is 1.88. The lowest BCUT2D eigenvalue weighted by atomic mass is 10.1. The Bertz CT molecular complexity index is 756. The molecule has 2 aromatic carbocycles. The number of rotatable bonds is 5. The summed E-state index contributed by atoms with van der Waals surface area (Å²) in [7, 11) is 0. The summed E-state index contributed by atoms with van der Waals surface area (Å²) in [5, 5.41) is 15.1. The van der Waals surface area contributed by atoms with Crippen LogP contribution >= 0.6 is 23.1 Å². The lowest BCUT2D eigenvalue weighted by Crippen LogP contribution is -2.08. The SMILES string of the molecule is O=[N+]([O-])CC(Sc1ccc2ccccc2c1)c1cccs1. The van der Waals surface area contributed by atoms with Crippen molar-refractivity contribution in [2.24, 2.45) is 0 Å². The first-order valence-corrected chi connectivity index (χ1v) is 8.29. The highest BCUT2D eigenvalue weighted by Gasteiger charge is 2.20. The number of fused-ring (bicyclic) bond motifs is 1. The minimum Gasteiger partial charge on any atom is -0.264 e.